The molecule has 0 aliphatic heterocycles. The number of amides is 1. The molecule has 0 unspecified atom stereocenters. The Bertz CT molecular complexity index is 296. The van der Waals surface area contributed by atoms with Crippen LogP contribution in [0.1, 0.15) is 19.8 Å². The Balaban J connectivity index is 0. The summed E-state index contributed by atoms with van der Waals surface area (Å²) in [7, 11) is -2.16. The van der Waals surface area contributed by atoms with Gasteiger partial charge in [-0.3, -0.25) is 4.79 Å². The molecule has 1 saturated carbocycles. The zero-order valence-corrected chi connectivity index (χ0v) is 10.4. The first-order valence-corrected chi connectivity index (χ1v) is 6.14. The van der Waals surface area contributed by atoms with Gasteiger partial charge < -0.3 is 5.73 Å². The zero-order valence-electron chi connectivity index (χ0n) is 9.59. The maximum atomic E-state index is 10.7. The second-order valence-corrected chi connectivity index (χ2v) is 4.80. The Kier molecular flexibility index (Phi) is 9.89. The Hall–Kier alpha value is -1.10. The van der Waals surface area contributed by atoms with Gasteiger partial charge in [0.2, 0.25) is 6.41 Å². The number of nitrogens with two attached hydrogens (primary N) is 1. The van der Waals surface area contributed by atoms with Crippen LogP contribution in [0, 0.1) is 12.8 Å². The van der Waals surface area contributed by atoms with Gasteiger partial charge in [-0.2, -0.15) is 12.7 Å². The van der Waals surface area contributed by atoms with Gasteiger partial charge in [-0.05, 0) is 12.8 Å². The summed E-state index contributed by atoms with van der Waals surface area (Å²) >= 11 is 0. The van der Waals surface area contributed by atoms with E-state index in [4.69, 9.17) is 5.73 Å². The highest BCUT2D eigenvalue weighted by molar-refractivity contribution is 7.87. The highest BCUT2D eigenvalue weighted by atomic mass is 32.2. The predicted octanol–water partition coefficient (Wildman–Crippen LogP) is -0.714. The van der Waals surface area contributed by atoms with E-state index in [-0.39, 0.29) is 6.41 Å². The molecule has 3 N–H and O–H groups in total. The normalized spacial score (nSPS) is 13.9. The number of hydrogen-bond donors (Lipinski definition) is 2. The van der Waals surface area contributed by atoms with Crippen LogP contribution in [0.4, 0.5) is 0 Å². The Morgan fingerprint density at radius 3 is 2.06 bits per heavy atom. The summed E-state index contributed by atoms with van der Waals surface area (Å²) in [6, 6.07) is 0.583. The van der Waals surface area contributed by atoms with E-state index < -0.39 is 10.2 Å². The summed E-state index contributed by atoms with van der Waals surface area (Å²) in [4.78, 5) is 9.72. The molecule has 1 fully saturated rings. The summed E-state index contributed by atoms with van der Waals surface area (Å²) in [6.45, 7) is 2.01. The molecule has 1 aliphatic rings. The van der Waals surface area contributed by atoms with Gasteiger partial charge in [-0.25, -0.2) is 4.72 Å². The number of carbonyl (C=O) groups is 1. The fourth-order valence-corrected chi connectivity index (χ4v) is 1.06. The van der Waals surface area contributed by atoms with Gasteiger partial charge in [0, 0.05) is 19.6 Å². The van der Waals surface area contributed by atoms with Crippen molar-refractivity contribution in [2.75, 3.05) is 13.6 Å². The van der Waals surface area contributed by atoms with Gasteiger partial charge in [-0.15, -0.1) is 12.8 Å². The summed E-state index contributed by atoms with van der Waals surface area (Å²) in [6.07, 6.45) is 10.7. The van der Waals surface area contributed by atoms with Crippen LogP contribution in [0.25, 0.3) is 0 Å². The van der Waals surface area contributed by atoms with E-state index >= 15 is 0 Å². The van der Waals surface area contributed by atoms with Crippen LogP contribution < -0.4 is 10.5 Å². The van der Waals surface area contributed by atoms with E-state index in [0.29, 0.717) is 12.6 Å². The first-order chi connectivity index (χ1) is 7.44. The van der Waals surface area contributed by atoms with E-state index in [0.717, 1.165) is 4.31 Å². The van der Waals surface area contributed by atoms with Gasteiger partial charge in [0.05, 0.1) is 0 Å². The van der Waals surface area contributed by atoms with Crippen molar-refractivity contribution < 1.29 is 13.2 Å². The highest BCUT2D eigenvalue weighted by Gasteiger charge is 2.13. The smallest absolute Gasteiger partial charge is 0.303 e. The minimum Gasteiger partial charge on any atom is -0.328 e. The van der Waals surface area contributed by atoms with Crippen molar-refractivity contribution in [3.05, 3.63) is 0 Å². The minimum atomic E-state index is -3.55. The quantitative estimate of drug-likeness (QED) is 0.508. The van der Waals surface area contributed by atoms with Crippen molar-refractivity contribution in [2.45, 2.75) is 25.8 Å². The van der Waals surface area contributed by atoms with Gasteiger partial charge in [0.25, 0.3) is 0 Å². The van der Waals surface area contributed by atoms with Gasteiger partial charge in [-0.1, -0.05) is 6.92 Å². The molecule has 94 valence electrons. The molecule has 0 bridgehead atoms. The lowest BCUT2D eigenvalue weighted by Crippen LogP contribution is -2.37. The van der Waals surface area contributed by atoms with Gasteiger partial charge in [0.15, 0.2) is 0 Å². The molecule has 0 aromatic rings. The molecule has 0 atom stereocenters. The van der Waals surface area contributed by atoms with Crippen molar-refractivity contribution in [1.29, 1.82) is 0 Å². The number of rotatable bonds is 4. The molecular formula is C9H19N3O3S. The lowest BCUT2D eigenvalue weighted by Gasteiger charge is -2.11. The Morgan fingerprint density at radius 2 is 1.88 bits per heavy atom. The van der Waals surface area contributed by atoms with Crippen molar-refractivity contribution in [3.8, 4) is 12.8 Å². The highest BCUT2D eigenvalue weighted by Crippen LogP contribution is 2.13. The van der Waals surface area contributed by atoms with E-state index in [2.05, 4.69) is 12.8 Å². The average Bonchev–Trinajstić information content (AvgIpc) is 3.03. The molecule has 0 heterocycles. The molecule has 0 spiro atoms. The minimum absolute atomic E-state index is 0.140. The van der Waals surface area contributed by atoms with Crippen LogP contribution in [-0.4, -0.2) is 38.8 Å². The summed E-state index contributed by atoms with van der Waals surface area (Å²) in [5.41, 5.74) is 5.22. The molecule has 0 aromatic heterocycles. The van der Waals surface area contributed by atoms with Crippen molar-refractivity contribution in [1.82, 2.24) is 9.03 Å². The van der Waals surface area contributed by atoms with Crippen molar-refractivity contribution in [3.63, 3.8) is 0 Å². The van der Waals surface area contributed by atoms with Crippen LogP contribution in [0.3, 0.4) is 0 Å². The van der Waals surface area contributed by atoms with Crippen LogP contribution in [0.15, 0.2) is 0 Å². The topological polar surface area (TPSA) is 92.5 Å². The van der Waals surface area contributed by atoms with E-state index in [9.17, 15) is 13.2 Å². The fraction of sp³-hybridized carbons (Fsp3) is 0.667. The SMILES string of the molecule is C#C.CCN(C)S(=O)(=O)NC=O.NC1CC1. The molecule has 1 rings (SSSR count). The summed E-state index contributed by atoms with van der Waals surface area (Å²) < 4.78 is 24.2. The third kappa shape index (κ3) is 9.45. The maximum absolute atomic E-state index is 10.7. The Morgan fingerprint density at radius 1 is 1.50 bits per heavy atom. The number of carbonyl (C=O) groups excluding carboxylic acids is 1. The van der Waals surface area contributed by atoms with Crippen LogP contribution >= 0.6 is 0 Å². The number of nitrogens with one attached hydrogen (secondary N) is 1. The summed E-state index contributed by atoms with van der Waals surface area (Å²) in [5, 5.41) is 0. The third-order valence-corrected chi connectivity index (χ3v) is 3.15. The molecule has 0 saturated heterocycles. The van der Waals surface area contributed by atoms with Gasteiger partial charge in [0.1, 0.15) is 0 Å². The standard InChI is InChI=1S/C4H10N2O3S.C3H7N.C2H2/c1-3-6(2)10(8,9)5-4-7;4-3-1-2-3;1-2/h4H,3H2,1-2H3,(H,5,7);3H,1-2,4H2;1-2H. The molecule has 1 amide bonds. The average molecular weight is 249 g/mol. The largest absolute Gasteiger partial charge is 0.328 e. The molecule has 16 heavy (non-hydrogen) atoms. The van der Waals surface area contributed by atoms with Crippen LogP contribution in [0.2, 0.25) is 0 Å². The fourth-order valence-electron chi connectivity index (χ4n) is 0.417. The Labute approximate surface area is 97.4 Å². The van der Waals surface area contributed by atoms with E-state index in [1.807, 2.05) is 0 Å². The number of nitrogens with zero attached hydrogens (tertiary/aromatic N) is 1. The molecule has 0 radical (unpaired) electrons. The van der Waals surface area contributed by atoms with E-state index in [1.54, 1.807) is 11.6 Å². The predicted molar refractivity (Wildman–Crippen MR) is 63.5 cm³/mol. The maximum Gasteiger partial charge on any atom is 0.303 e. The van der Waals surface area contributed by atoms with Crippen LogP contribution in [0.5, 0.6) is 0 Å². The first-order valence-electron chi connectivity index (χ1n) is 4.70. The lowest BCUT2D eigenvalue weighted by atomic mass is 10.8. The molecular weight excluding hydrogens is 230 g/mol. The second-order valence-electron chi connectivity index (χ2n) is 2.99. The van der Waals surface area contributed by atoms with Crippen molar-refractivity contribution >= 4 is 16.6 Å². The van der Waals surface area contributed by atoms with Crippen LogP contribution in [-0.2, 0) is 15.0 Å². The second kappa shape index (κ2) is 9.15. The summed E-state index contributed by atoms with van der Waals surface area (Å²) in [5.74, 6) is 0. The van der Waals surface area contributed by atoms with Crippen molar-refractivity contribution in [2.24, 2.45) is 5.73 Å². The third-order valence-electron chi connectivity index (χ3n) is 1.67. The van der Waals surface area contributed by atoms with E-state index in [1.165, 1.54) is 19.9 Å². The van der Waals surface area contributed by atoms with Gasteiger partial charge >= 0.3 is 10.2 Å². The first kappa shape index (κ1) is 17.3. The number of hydrogen-bond acceptors (Lipinski definition) is 4. The zero-order chi connectivity index (χ0) is 13.2. The molecule has 7 heteroatoms. The molecule has 1 aliphatic carbocycles. The molecule has 6 nitrogen and oxygen atoms in total. The monoisotopic (exact) mass is 249 g/mol. The number of terminal acetylenes is 1. The molecule has 0 aromatic carbocycles. The lowest BCUT2D eigenvalue weighted by molar-refractivity contribution is -0.108.